The molecule has 104 valence electrons. The van der Waals surface area contributed by atoms with Crippen LogP contribution in [0.5, 0.6) is 0 Å². The first-order valence-corrected chi connectivity index (χ1v) is 6.18. The van der Waals surface area contributed by atoms with Gasteiger partial charge in [0.2, 0.25) is 0 Å². The molecule has 2 aliphatic rings. The van der Waals surface area contributed by atoms with Crippen molar-refractivity contribution in [3.8, 4) is 0 Å². The average Bonchev–Trinajstić information content (AvgIpc) is 2.54. The van der Waals surface area contributed by atoms with Crippen LogP contribution in [0.15, 0.2) is 12.7 Å². The summed E-state index contributed by atoms with van der Waals surface area (Å²) in [5, 5.41) is 10.1. The van der Waals surface area contributed by atoms with Crippen LogP contribution in [0.4, 0.5) is 0 Å². The molecule has 0 saturated carbocycles. The van der Waals surface area contributed by atoms with Crippen molar-refractivity contribution < 1.29 is 24.1 Å². The molecular weight excluding hydrogens is 236 g/mol. The van der Waals surface area contributed by atoms with E-state index >= 15 is 0 Å². The second-order valence-corrected chi connectivity index (χ2v) is 5.53. The minimum atomic E-state index is -1.02. The van der Waals surface area contributed by atoms with Gasteiger partial charge in [0.05, 0.1) is 0 Å². The van der Waals surface area contributed by atoms with Crippen LogP contribution in [0.3, 0.4) is 0 Å². The van der Waals surface area contributed by atoms with Crippen molar-refractivity contribution in [3.05, 3.63) is 12.7 Å². The number of fused-ring (bicyclic) bond motifs is 1. The Morgan fingerprint density at radius 3 is 2.39 bits per heavy atom. The maximum absolute atomic E-state index is 10.1. The van der Waals surface area contributed by atoms with Crippen LogP contribution in [0, 0.1) is 0 Å². The van der Waals surface area contributed by atoms with Crippen molar-refractivity contribution in [2.45, 2.75) is 63.2 Å². The van der Waals surface area contributed by atoms with E-state index in [1.165, 1.54) is 0 Å². The third-order valence-electron chi connectivity index (χ3n) is 3.54. The predicted molar refractivity (Wildman–Crippen MR) is 64.9 cm³/mol. The molecule has 0 aromatic heterocycles. The fraction of sp³-hybridized carbons (Fsp3) is 0.846. The lowest BCUT2D eigenvalue weighted by Crippen LogP contribution is -2.62. The molecule has 2 saturated heterocycles. The highest BCUT2D eigenvalue weighted by atomic mass is 16.8. The number of aliphatic hydroxyl groups excluding tert-OH is 1. The van der Waals surface area contributed by atoms with Crippen LogP contribution in [-0.2, 0) is 18.9 Å². The average molecular weight is 258 g/mol. The van der Waals surface area contributed by atoms with Gasteiger partial charge in [0.25, 0.3) is 0 Å². The van der Waals surface area contributed by atoms with Crippen LogP contribution in [0.1, 0.15) is 27.2 Å². The molecule has 0 spiro atoms. The number of methoxy groups -OCH3 is 1. The van der Waals surface area contributed by atoms with E-state index in [1.807, 2.05) is 20.8 Å². The van der Waals surface area contributed by atoms with Crippen molar-refractivity contribution in [1.82, 2.24) is 0 Å². The Labute approximate surface area is 108 Å². The van der Waals surface area contributed by atoms with E-state index in [1.54, 1.807) is 13.2 Å². The smallest absolute Gasteiger partial charge is 0.184 e. The van der Waals surface area contributed by atoms with E-state index < -0.39 is 23.8 Å². The van der Waals surface area contributed by atoms with Crippen molar-refractivity contribution >= 4 is 0 Å². The summed E-state index contributed by atoms with van der Waals surface area (Å²) in [4.78, 5) is 0. The molecule has 2 rings (SSSR count). The molecule has 0 aliphatic carbocycles. The summed E-state index contributed by atoms with van der Waals surface area (Å²) in [6, 6.07) is 0. The molecule has 0 aromatic rings. The largest absolute Gasteiger partial charge is 0.376 e. The minimum Gasteiger partial charge on any atom is -0.376 e. The Balaban J connectivity index is 2.28. The van der Waals surface area contributed by atoms with Crippen LogP contribution in [-0.4, -0.2) is 48.2 Å². The summed E-state index contributed by atoms with van der Waals surface area (Å²) in [6.07, 6.45) is 0.107. The van der Waals surface area contributed by atoms with Gasteiger partial charge < -0.3 is 24.1 Å². The number of hydrogen-bond donors (Lipinski definition) is 1. The molecule has 18 heavy (non-hydrogen) atoms. The lowest BCUT2D eigenvalue weighted by molar-refractivity contribution is -0.297. The molecule has 5 atom stereocenters. The van der Waals surface area contributed by atoms with Crippen LogP contribution >= 0.6 is 0 Å². The molecule has 0 aromatic carbocycles. The molecule has 1 unspecified atom stereocenters. The second-order valence-electron chi connectivity index (χ2n) is 5.53. The maximum Gasteiger partial charge on any atom is 0.184 e. The molecular formula is C13H22O5. The number of hydrogen-bond acceptors (Lipinski definition) is 5. The summed E-state index contributed by atoms with van der Waals surface area (Å²) < 4.78 is 22.7. The van der Waals surface area contributed by atoms with E-state index in [4.69, 9.17) is 18.9 Å². The lowest BCUT2D eigenvalue weighted by atomic mass is 9.85. The fourth-order valence-electron chi connectivity index (χ4n) is 2.86. The molecule has 2 fully saturated rings. The zero-order chi connectivity index (χ0) is 13.6. The number of ether oxygens (including phenoxy) is 4. The third-order valence-corrected chi connectivity index (χ3v) is 3.54. The Hall–Kier alpha value is -0.460. The topological polar surface area (TPSA) is 57.2 Å². The van der Waals surface area contributed by atoms with E-state index in [0.29, 0.717) is 6.42 Å². The summed E-state index contributed by atoms with van der Waals surface area (Å²) in [5.41, 5.74) is -0.666. The van der Waals surface area contributed by atoms with E-state index in [0.717, 1.165) is 0 Å². The first-order chi connectivity index (χ1) is 8.33. The van der Waals surface area contributed by atoms with Gasteiger partial charge in [-0.1, -0.05) is 6.08 Å². The zero-order valence-corrected chi connectivity index (χ0v) is 11.4. The second kappa shape index (κ2) is 4.58. The predicted octanol–water partition coefficient (Wildman–Crippen LogP) is 1.20. The summed E-state index contributed by atoms with van der Waals surface area (Å²) >= 11 is 0. The van der Waals surface area contributed by atoms with Crippen molar-refractivity contribution in [1.29, 1.82) is 0 Å². The molecule has 0 radical (unpaired) electrons. The van der Waals surface area contributed by atoms with Crippen LogP contribution in [0.25, 0.3) is 0 Å². The number of aliphatic hydroxyl groups is 1. The molecule has 0 bridgehead atoms. The van der Waals surface area contributed by atoms with E-state index in [9.17, 15) is 5.11 Å². The van der Waals surface area contributed by atoms with Crippen molar-refractivity contribution in [2.75, 3.05) is 7.11 Å². The van der Waals surface area contributed by atoms with Crippen molar-refractivity contribution in [2.24, 2.45) is 0 Å². The fourth-order valence-corrected chi connectivity index (χ4v) is 2.86. The highest BCUT2D eigenvalue weighted by Crippen LogP contribution is 2.42. The molecule has 5 heteroatoms. The Kier molecular flexibility index (Phi) is 3.55. The highest BCUT2D eigenvalue weighted by molar-refractivity contribution is 5.04. The third kappa shape index (κ3) is 2.21. The van der Waals surface area contributed by atoms with Crippen LogP contribution < -0.4 is 0 Å². The molecule has 0 amide bonds. The first-order valence-electron chi connectivity index (χ1n) is 6.18. The SMILES string of the molecule is C=CC[C@]1(C)OC(O)[C@@H]2OC(C)(C)O[C@@H]2[C@H]1OC. The van der Waals surface area contributed by atoms with Gasteiger partial charge in [0, 0.05) is 7.11 Å². The van der Waals surface area contributed by atoms with Gasteiger partial charge in [0.1, 0.15) is 23.9 Å². The van der Waals surface area contributed by atoms with Gasteiger partial charge in [-0.05, 0) is 27.2 Å². The van der Waals surface area contributed by atoms with E-state index in [-0.39, 0.29) is 12.2 Å². The summed E-state index contributed by atoms with van der Waals surface area (Å²) in [5.74, 6) is -0.740. The standard InChI is InChI=1S/C13H22O5/c1-6-7-13(4)10(15-5)8-9(11(14)18-13)17-12(2,3)16-8/h6,8-11,14H,1,7H2,2-5H3/t8-,9+,10+,11?,13-/m0/s1. The Morgan fingerprint density at radius 1 is 1.22 bits per heavy atom. The highest BCUT2D eigenvalue weighted by Gasteiger charge is 2.59. The van der Waals surface area contributed by atoms with Gasteiger partial charge in [-0.2, -0.15) is 0 Å². The molecule has 1 N–H and O–H groups in total. The van der Waals surface area contributed by atoms with Gasteiger partial charge >= 0.3 is 0 Å². The van der Waals surface area contributed by atoms with Gasteiger partial charge in [-0.25, -0.2) is 0 Å². The quantitative estimate of drug-likeness (QED) is 0.771. The normalized spacial score (nSPS) is 46.7. The maximum atomic E-state index is 10.1. The molecule has 2 heterocycles. The Morgan fingerprint density at radius 2 is 1.83 bits per heavy atom. The monoisotopic (exact) mass is 258 g/mol. The summed E-state index contributed by atoms with van der Waals surface area (Å²) in [7, 11) is 1.61. The first kappa shape index (κ1) is 14.0. The Bertz CT molecular complexity index is 329. The zero-order valence-electron chi connectivity index (χ0n) is 11.4. The summed E-state index contributed by atoms with van der Waals surface area (Å²) in [6.45, 7) is 9.23. The van der Waals surface area contributed by atoms with Crippen LogP contribution in [0.2, 0.25) is 0 Å². The number of rotatable bonds is 3. The van der Waals surface area contributed by atoms with Gasteiger partial charge in [-0.15, -0.1) is 6.58 Å². The molecule has 2 aliphatic heterocycles. The van der Waals surface area contributed by atoms with Gasteiger partial charge in [-0.3, -0.25) is 0 Å². The van der Waals surface area contributed by atoms with E-state index in [2.05, 4.69) is 6.58 Å². The minimum absolute atomic E-state index is 0.314. The lowest BCUT2D eigenvalue weighted by Gasteiger charge is -2.46. The van der Waals surface area contributed by atoms with Gasteiger partial charge in [0.15, 0.2) is 12.1 Å². The molecule has 5 nitrogen and oxygen atoms in total. The van der Waals surface area contributed by atoms with Crippen molar-refractivity contribution in [3.63, 3.8) is 0 Å².